The normalized spacial score (nSPS) is 29.0. The summed E-state index contributed by atoms with van der Waals surface area (Å²) in [6.45, 7) is 11.2. The maximum absolute atomic E-state index is 9.14. The molecule has 4 nitrogen and oxygen atoms in total. The number of morpholine rings is 1. The molecular formula is C14H28N2O2. The van der Waals surface area contributed by atoms with Gasteiger partial charge < -0.3 is 14.7 Å². The number of aliphatic hydroxyl groups excluding tert-OH is 1. The van der Waals surface area contributed by atoms with Crippen LogP contribution in [-0.4, -0.2) is 73.0 Å². The van der Waals surface area contributed by atoms with Gasteiger partial charge in [0.1, 0.15) is 0 Å². The number of nitrogens with zero attached hydrogens (tertiary/aromatic N) is 2. The molecule has 1 N–H and O–H groups in total. The molecule has 0 radical (unpaired) electrons. The highest BCUT2D eigenvalue weighted by Gasteiger charge is 2.26. The molecule has 2 aliphatic heterocycles. The second-order valence-corrected chi connectivity index (χ2v) is 6.01. The lowest BCUT2D eigenvalue weighted by molar-refractivity contribution is -0.0557. The maximum atomic E-state index is 9.14. The van der Waals surface area contributed by atoms with Gasteiger partial charge in [0.05, 0.1) is 12.7 Å². The third-order valence-electron chi connectivity index (χ3n) is 4.33. The van der Waals surface area contributed by atoms with Gasteiger partial charge in [-0.3, -0.25) is 4.90 Å². The van der Waals surface area contributed by atoms with Crippen molar-refractivity contribution in [3.05, 3.63) is 0 Å². The van der Waals surface area contributed by atoms with Crippen LogP contribution in [0.4, 0.5) is 0 Å². The molecule has 0 spiro atoms. The van der Waals surface area contributed by atoms with E-state index in [1.54, 1.807) is 0 Å². The molecule has 2 fully saturated rings. The van der Waals surface area contributed by atoms with Crippen LogP contribution in [0, 0.1) is 5.92 Å². The summed E-state index contributed by atoms with van der Waals surface area (Å²) < 4.78 is 5.88. The lowest BCUT2D eigenvalue weighted by Crippen LogP contribution is -2.50. The first-order chi connectivity index (χ1) is 8.69. The lowest BCUT2D eigenvalue weighted by atomic mass is 9.97. The molecule has 2 aliphatic rings. The first-order valence-electron chi connectivity index (χ1n) is 7.38. The fourth-order valence-corrected chi connectivity index (χ4v) is 2.96. The Morgan fingerprint density at radius 1 is 1.22 bits per heavy atom. The van der Waals surface area contributed by atoms with Crippen LogP contribution < -0.4 is 0 Å². The van der Waals surface area contributed by atoms with E-state index in [1.807, 2.05) is 0 Å². The molecule has 2 heterocycles. The average molecular weight is 256 g/mol. The molecule has 0 saturated carbocycles. The third kappa shape index (κ3) is 3.92. The molecular weight excluding hydrogens is 228 g/mol. The second kappa shape index (κ2) is 6.85. The van der Waals surface area contributed by atoms with E-state index in [-0.39, 0.29) is 0 Å². The number of piperidine rings is 1. The van der Waals surface area contributed by atoms with E-state index in [1.165, 1.54) is 0 Å². The third-order valence-corrected chi connectivity index (χ3v) is 4.33. The van der Waals surface area contributed by atoms with Crippen LogP contribution in [0.15, 0.2) is 0 Å². The molecule has 0 bridgehead atoms. The first-order valence-corrected chi connectivity index (χ1v) is 7.38. The zero-order chi connectivity index (χ0) is 13.0. The van der Waals surface area contributed by atoms with Gasteiger partial charge in [-0.05, 0) is 45.7 Å². The van der Waals surface area contributed by atoms with Gasteiger partial charge in [-0.15, -0.1) is 0 Å². The van der Waals surface area contributed by atoms with Crippen LogP contribution in [0.25, 0.3) is 0 Å². The summed E-state index contributed by atoms with van der Waals surface area (Å²) in [5.41, 5.74) is 0. The average Bonchev–Trinajstić information content (AvgIpc) is 2.40. The molecule has 0 aromatic carbocycles. The van der Waals surface area contributed by atoms with Gasteiger partial charge in [-0.1, -0.05) is 0 Å². The molecule has 0 aromatic rings. The van der Waals surface area contributed by atoms with Crippen molar-refractivity contribution in [2.45, 2.75) is 38.8 Å². The van der Waals surface area contributed by atoms with Crippen molar-refractivity contribution < 1.29 is 9.84 Å². The largest absolute Gasteiger partial charge is 0.396 e. The number of aliphatic hydroxyl groups is 1. The Morgan fingerprint density at radius 3 is 2.56 bits per heavy atom. The van der Waals surface area contributed by atoms with Gasteiger partial charge in [0, 0.05) is 32.3 Å². The van der Waals surface area contributed by atoms with Crippen molar-refractivity contribution >= 4 is 0 Å². The van der Waals surface area contributed by atoms with Gasteiger partial charge >= 0.3 is 0 Å². The summed E-state index contributed by atoms with van der Waals surface area (Å²) in [6, 6.07) is 0.622. The topological polar surface area (TPSA) is 35.9 Å². The van der Waals surface area contributed by atoms with Crippen LogP contribution >= 0.6 is 0 Å². The molecule has 106 valence electrons. The molecule has 1 atom stereocenters. The molecule has 4 heteroatoms. The van der Waals surface area contributed by atoms with Gasteiger partial charge in [0.25, 0.3) is 0 Å². The SMILES string of the molecule is CC(C)N1CCOC(CN2CCC(CO)CC2)C1. The Hall–Kier alpha value is -0.160. The van der Waals surface area contributed by atoms with E-state index in [0.717, 1.165) is 52.2 Å². The summed E-state index contributed by atoms with van der Waals surface area (Å²) in [5.74, 6) is 0.528. The van der Waals surface area contributed by atoms with Crippen molar-refractivity contribution in [1.29, 1.82) is 0 Å². The zero-order valence-corrected chi connectivity index (χ0v) is 11.8. The van der Waals surface area contributed by atoms with E-state index < -0.39 is 0 Å². The van der Waals surface area contributed by atoms with Crippen molar-refractivity contribution in [3.63, 3.8) is 0 Å². The van der Waals surface area contributed by atoms with E-state index in [9.17, 15) is 0 Å². The fourth-order valence-electron chi connectivity index (χ4n) is 2.96. The Kier molecular flexibility index (Phi) is 5.42. The van der Waals surface area contributed by atoms with Crippen LogP contribution in [0.3, 0.4) is 0 Å². The predicted octanol–water partition coefficient (Wildman–Crippen LogP) is 0.800. The highest BCUT2D eigenvalue weighted by atomic mass is 16.5. The van der Waals surface area contributed by atoms with Crippen LogP contribution in [0.5, 0.6) is 0 Å². The fraction of sp³-hybridized carbons (Fsp3) is 1.00. The van der Waals surface area contributed by atoms with Crippen LogP contribution in [0.1, 0.15) is 26.7 Å². The van der Waals surface area contributed by atoms with E-state index in [2.05, 4.69) is 23.6 Å². The highest BCUT2D eigenvalue weighted by molar-refractivity contribution is 4.79. The first kappa shape index (κ1) is 14.3. The number of likely N-dealkylation sites (tertiary alicyclic amines) is 1. The van der Waals surface area contributed by atoms with Crippen molar-refractivity contribution in [2.24, 2.45) is 5.92 Å². The van der Waals surface area contributed by atoms with Gasteiger partial charge in [-0.25, -0.2) is 0 Å². The van der Waals surface area contributed by atoms with E-state index in [0.29, 0.717) is 24.7 Å². The molecule has 2 saturated heterocycles. The van der Waals surface area contributed by atoms with Crippen molar-refractivity contribution in [1.82, 2.24) is 9.80 Å². The minimum absolute atomic E-state index is 0.356. The molecule has 0 aromatic heterocycles. The maximum Gasteiger partial charge on any atom is 0.0829 e. The zero-order valence-electron chi connectivity index (χ0n) is 11.8. The smallest absolute Gasteiger partial charge is 0.0829 e. The molecule has 1 unspecified atom stereocenters. The Morgan fingerprint density at radius 2 is 1.94 bits per heavy atom. The number of hydrogen-bond acceptors (Lipinski definition) is 4. The van der Waals surface area contributed by atoms with Crippen LogP contribution in [0.2, 0.25) is 0 Å². The van der Waals surface area contributed by atoms with Gasteiger partial charge in [-0.2, -0.15) is 0 Å². The minimum Gasteiger partial charge on any atom is -0.396 e. The van der Waals surface area contributed by atoms with Gasteiger partial charge in [0.15, 0.2) is 0 Å². The summed E-state index contributed by atoms with van der Waals surface area (Å²) in [5, 5.41) is 9.14. The van der Waals surface area contributed by atoms with Crippen molar-refractivity contribution in [2.75, 3.05) is 45.9 Å². The quantitative estimate of drug-likeness (QED) is 0.807. The monoisotopic (exact) mass is 256 g/mol. The Balaban J connectivity index is 1.73. The summed E-state index contributed by atoms with van der Waals surface area (Å²) in [7, 11) is 0. The van der Waals surface area contributed by atoms with Crippen LogP contribution in [-0.2, 0) is 4.74 Å². The molecule has 2 rings (SSSR count). The summed E-state index contributed by atoms with van der Waals surface area (Å²) >= 11 is 0. The Labute approximate surface area is 111 Å². The minimum atomic E-state index is 0.356. The number of hydrogen-bond donors (Lipinski definition) is 1. The highest BCUT2D eigenvalue weighted by Crippen LogP contribution is 2.18. The van der Waals surface area contributed by atoms with E-state index in [4.69, 9.17) is 9.84 Å². The van der Waals surface area contributed by atoms with Gasteiger partial charge in [0.2, 0.25) is 0 Å². The number of rotatable bonds is 4. The molecule has 18 heavy (non-hydrogen) atoms. The van der Waals surface area contributed by atoms with Crippen molar-refractivity contribution in [3.8, 4) is 0 Å². The standard InChI is InChI=1S/C14H28N2O2/c1-12(2)16-7-8-18-14(10-16)9-15-5-3-13(11-17)4-6-15/h12-14,17H,3-11H2,1-2H3. The molecule has 0 aliphatic carbocycles. The second-order valence-electron chi connectivity index (χ2n) is 6.01. The predicted molar refractivity (Wildman–Crippen MR) is 72.7 cm³/mol. The summed E-state index contributed by atoms with van der Waals surface area (Å²) in [6.07, 6.45) is 2.64. The lowest BCUT2D eigenvalue weighted by Gasteiger charge is -2.39. The Bertz CT molecular complexity index is 240. The summed E-state index contributed by atoms with van der Waals surface area (Å²) in [4.78, 5) is 5.01. The number of ether oxygens (including phenoxy) is 1. The van der Waals surface area contributed by atoms with E-state index >= 15 is 0 Å². The molecule has 0 amide bonds.